The molecular weight excluding hydrogens is 254 g/mol. The van der Waals surface area contributed by atoms with E-state index in [9.17, 15) is 4.79 Å². The molecule has 20 heavy (non-hydrogen) atoms. The molecule has 5 nitrogen and oxygen atoms in total. The predicted molar refractivity (Wildman–Crippen MR) is 79.1 cm³/mol. The minimum atomic E-state index is -0.123. The number of hydrogen-bond donors (Lipinski definition) is 1. The van der Waals surface area contributed by atoms with Crippen LogP contribution in [0.3, 0.4) is 0 Å². The van der Waals surface area contributed by atoms with Crippen molar-refractivity contribution in [3.63, 3.8) is 0 Å². The van der Waals surface area contributed by atoms with Crippen molar-refractivity contribution in [2.24, 2.45) is 5.92 Å². The first-order valence-electron chi connectivity index (χ1n) is 7.51. The monoisotopic (exact) mass is 279 g/mol. The van der Waals surface area contributed by atoms with Crippen molar-refractivity contribution in [1.29, 1.82) is 0 Å². The van der Waals surface area contributed by atoms with Gasteiger partial charge >= 0.3 is 5.56 Å². The van der Waals surface area contributed by atoms with E-state index in [-0.39, 0.29) is 17.5 Å². The smallest absolute Gasteiger partial charge is 0.313 e. The van der Waals surface area contributed by atoms with Gasteiger partial charge < -0.3 is 14.6 Å². The van der Waals surface area contributed by atoms with Gasteiger partial charge in [-0.1, -0.05) is 20.3 Å². The van der Waals surface area contributed by atoms with E-state index in [1.165, 1.54) is 6.42 Å². The maximum absolute atomic E-state index is 12.3. The average molecular weight is 279 g/mol. The number of aromatic nitrogens is 2. The molecule has 0 amide bonds. The molecule has 1 fully saturated rings. The molecule has 1 heterocycles. The molecule has 1 aromatic rings. The number of hydrogen-bond acceptors (Lipinski definition) is 4. The van der Waals surface area contributed by atoms with Crippen molar-refractivity contribution >= 4 is 0 Å². The fourth-order valence-corrected chi connectivity index (χ4v) is 2.76. The Labute approximate surface area is 120 Å². The summed E-state index contributed by atoms with van der Waals surface area (Å²) in [5.41, 5.74) is -0.123. The van der Waals surface area contributed by atoms with E-state index in [1.54, 1.807) is 17.0 Å². The number of nitrogens with one attached hydrogen (secondary N) is 1. The Bertz CT molecular complexity index is 484. The second-order valence-corrected chi connectivity index (χ2v) is 5.92. The Balaban J connectivity index is 2.14. The summed E-state index contributed by atoms with van der Waals surface area (Å²) in [7, 11) is 1.95. The summed E-state index contributed by atoms with van der Waals surface area (Å²) < 4.78 is 7.59. The van der Waals surface area contributed by atoms with Crippen LogP contribution in [0.15, 0.2) is 17.2 Å². The number of ether oxygens (including phenoxy) is 1. The minimum absolute atomic E-state index is 0.0452. The summed E-state index contributed by atoms with van der Waals surface area (Å²) in [6.07, 6.45) is 7.85. The number of likely N-dealkylation sites (N-methyl/N-ethyl adjacent to an activating group) is 1. The van der Waals surface area contributed by atoms with Crippen molar-refractivity contribution in [3.05, 3.63) is 22.7 Å². The van der Waals surface area contributed by atoms with Crippen LogP contribution in [-0.4, -0.2) is 28.7 Å². The maximum Gasteiger partial charge on any atom is 0.313 e. The Morgan fingerprint density at radius 3 is 2.90 bits per heavy atom. The minimum Gasteiger partial charge on any atom is -0.469 e. The number of nitrogens with zero attached hydrogens (tertiary/aromatic N) is 2. The Kier molecular flexibility index (Phi) is 5.17. The second-order valence-electron chi connectivity index (χ2n) is 5.92. The molecule has 0 spiro atoms. The van der Waals surface area contributed by atoms with Crippen molar-refractivity contribution in [2.75, 3.05) is 7.05 Å². The molecule has 5 heteroatoms. The molecule has 0 aliphatic heterocycles. The highest BCUT2D eigenvalue weighted by molar-refractivity contribution is 5.06. The quantitative estimate of drug-likeness (QED) is 0.893. The zero-order valence-electron chi connectivity index (χ0n) is 12.6. The molecule has 0 bridgehead atoms. The van der Waals surface area contributed by atoms with Crippen molar-refractivity contribution in [1.82, 2.24) is 14.9 Å². The summed E-state index contributed by atoms with van der Waals surface area (Å²) >= 11 is 0. The van der Waals surface area contributed by atoms with Crippen LogP contribution in [0.5, 0.6) is 5.88 Å². The van der Waals surface area contributed by atoms with E-state index in [2.05, 4.69) is 24.1 Å². The van der Waals surface area contributed by atoms with Crippen LogP contribution in [0.2, 0.25) is 0 Å². The Morgan fingerprint density at radius 2 is 2.20 bits per heavy atom. The van der Waals surface area contributed by atoms with Gasteiger partial charge in [0.15, 0.2) is 0 Å². The van der Waals surface area contributed by atoms with Crippen LogP contribution in [0.4, 0.5) is 0 Å². The lowest BCUT2D eigenvalue weighted by molar-refractivity contribution is 0.110. The van der Waals surface area contributed by atoms with E-state index in [0.29, 0.717) is 18.5 Å². The van der Waals surface area contributed by atoms with Crippen molar-refractivity contribution in [3.8, 4) is 5.88 Å². The van der Waals surface area contributed by atoms with Gasteiger partial charge in [-0.05, 0) is 32.2 Å². The third kappa shape index (κ3) is 3.60. The van der Waals surface area contributed by atoms with Gasteiger partial charge in [-0.2, -0.15) is 0 Å². The van der Waals surface area contributed by atoms with Crippen LogP contribution in [0, 0.1) is 5.92 Å². The van der Waals surface area contributed by atoms with Gasteiger partial charge in [-0.25, -0.2) is 4.98 Å². The third-order valence-electron chi connectivity index (χ3n) is 3.78. The zero-order chi connectivity index (χ0) is 14.5. The Morgan fingerprint density at radius 1 is 1.45 bits per heavy atom. The van der Waals surface area contributed by atoms with Crippen LogP contribution in [0.25, 0.3) is 0 Å². The van der Waals surface area contributed by atoms with Gasteiger partial charge in [-0.15, -0.1) is 0 Å². The van der Waals surface area contributed by atoms with Gasteiger partial charge in [0.2, 0.25) is 0 Å². The number of rotatable bonds is 5. The van der Waals surface area contributed by atoms with E-state index in [0.717, 1.165) is 19.3 Å². The molecule has 2 rings (SSSR count). The van der Waals surface area contributed by atoms with Gasteiger partial charge in [0.25, 0.3) is 5.88 Å². The molecule has 1 saturated carbocycles. The lowest BCUT2D eigenvalue weighted by Gasteiger charge is -2.31. The molecule has 1 N–H and O–H groups in total. The highest BCUT2D eigenvalue weighted by Gasteiger charge is 2.26. The van der Waals surface area contributed by atoms with E-state index >= 15 is 0 Å². The first-order chi connectivity index (χ1) is 9.61. The van der Waals surface area contributed by atoms with E-state index in [1.807, 2.05) is 7.05 Å². The summed E-state index contributed by atoms with van der Waals surface area (Å²) in [5, 5.41) is 3.28. The predicted octanol–water partition coefficient (Wildman–Crippen LogP) is 1.81. The van der Waals surface area contributed by atoms with E-state index in [4.69, 9.17) is 4.74 Å². The molecule has 1 aliphatic carbocycles. The largest absolute Gasteiger partial charge is 0.469 e. The molecule has 0 aromatic carbocycles. The summed E-state index contributed by atoms with van der Waals surface area (Å²) in [6, 6.07) is 0.309. The lowest BCUT2D eigenvalue weighted by atomic mass is 9.92. The molecule has 0 saturated heterocycles. The molecule has 1 aromatic heterocycles. The third-order valence-corrected chi connectivity index (χ3v) is 3.78. The molecule has 0 radical (unpaired) electrons. The summed E-state index contributed by atoms with van der Waals surface area (Å²) in [4.78, 5) is 16.5. The van der Waals surface area contributed by atoms with Crippen molar-refractivity contribution in [2.45, 2.75) is 58.2 Å². The molecule has 2 unspecified atom stereocenters. The van der Waals surface area contributed by atoms with Gasteiger partial charge in [0, 0.05) is 25.0 Å². The Hall–Kier alpha value is -1.36. The van der Waals surface area contributed by atoms with E-state index < -0.39 is 0 Å². The fourth-order valence-electron chi connectivity index (χ4n) is 2.76. The first-order valence-corrected chi connectivity index (χ1v) is 7.51. The van der Waals surface area contributed by atoms with Crippen molar-refractivity contribution < 1.29 is 4.74 Å². The molecule has 1 aliphatic rings. The normalized spacial score (nSPS) is 23.0. The summed E-state index contributed by atoms with van der Waals surface area (Å²) in [6.45, 7) is 4.87. The fraction of sp³-hybridized carbons (Fsp3) is 0.733. The van der Waals surface area contributed by atoms with Gasteiger partial charge in [-0.3, -0.25) is 4.79 Å². The zero-order valence-corrected chi connectivity index (χ0v) is 12.6. The highest BCUT2D eigenvalue weighted by Crippen LogP contribution is 2.21. The molecule has 112 valence electrons. The molecular formula is C15H25N3O2. The van der Waals surface area contributed by atoms with Gasteiger partial charge in [0.05, 0.1) is 0 Å². The lowest BCUT2D eigenvalue weighted by Crippen LogP contribution is -2.44. The highest BCUT2D eigenvalue weighted by atomic mass is 16.5. The van der Waals surface area contributed by atoms with Crippen LogP contribution in [0.1, 0.15) is 39.5 Å². The second kappa shape index (κ2) is 6.88. The average Bonchev–Trinajstić information content (AvgIpc) is 2.43. The SMILES string of the molecule is CNC1CCCCC1Oc1nccn(CC(C)C)c1=O. The maximum atomic E-state index is 12.3. The van der Waals surface area contributed by atoms with Crippen LogP contribution >= 0.6 is 0 Å². The van der Waals surface area contributed by atoms with Gasteiger partial charge in [0.1, 0.15) is 6.10 Å². The first kappa shape index (κ1) is 15.0. The van der Waals surface area contributed by atoms with Crippen LogP contribution in [-0.2, 0) is 6.54 Å². The standard InChI is InChI=1S/C15H25N3O2/c1-11(2)10-18-9-8-17-14(15(18)19)20-13-7-5-4-6-12(13)16-3/h8-9,11-13,16H,4-7,10H2,1-3H3. The topological polar surface area (TPSA) is 56.1 Å². The molecule has 2 atom stereocenters. The summed E-state index contributed by atoms with van der Waals surface area (Å²) in [5.74, 6) is 0.656. The van der Waals surface area contributed by atoms with Crippen LogP contribution < -0.4 is 15.6 Å².